The lowest BCUT2D eigenvalue weighted by atomic mass is 9.85. The van der Waals surface area contributed by atoms with Crippen LogP contribution in [0.1, 0.15) is 25.3 Å². The lowest BCUT2D eigenvalue weighted by molar-refractivity contribution is 0.0304. The van der Waals surface area contributed by atoms with Gasteiger partial charge in [0, 0.05) is 6.42 Å². The molecule has 0 aromatic heterocycles. The molecule has 1 aromatic rings. The van der Waals surface area contributed by atoms with E-state index in [1.165, 1.54) is 0 Å². The standard InChI is InChI=1S/C13H19NO/c1-11(2)10-13(15,8-9-14)12-6-4-3-5-7-12/h3-7,15H,1,8-10,14H2,2H3. The molecule has 0 aliphatic heterocycles. The molecule has 3 N–H and O–H groups in total. The first-order chi connectivity index (χ1) is 7.08. The molecule has 0 saturated heterocycles. The average Bonchev–Trinajstić information content (AvgIpc) is 2.18. The normalized spacial score (nSPS) is 14.6. The highest BCUT2D eigenvalue weighted by atomic mass is 16.3. The molecule has 0 spiro atoms. The molecule has 15 heavy (non-hydrogen) atoms. The van der Waals surface area contributed by atoms with Crippen molar-refractivity contribution in [2.75, 3.05) is 6.54 Å². The summed E-state index contributed by atoms with van der Waals surface area (Å²) in [6.45, 7) is 6.24. The molecule has 2 heteroatoms. The molecule has 0 fully saturated rings. The Morgan fingerprint density at radius 2 is 2.00 bits per heavy atom. The van der Waals surface area contributed by atoms with Gasteiger partial charge in [-0.2, -0.15) is 0 Å². The van der Waals surface area contributed by atoms with Crippen LogP contribution >= 0.6 is 0 Å². The van der Waals surface area contributed by atoms with Gasteiger partial charge in [0.25, 0.3) is 0 Å². The Hall–Kier alpha value is -1.12. The Labute approximate surface area is 91.4 Å². The predicted octanol–water partition coefficient (Wildman–Crippen LogP) is 2.19. The van der Waals surface area contributed by atoms with Gasteiger partial charge in [-0.25, -0.2) is 0 Å². The molecule has 1 atom stereocenters. The minimum absolute atomic E-state index is 0.471. The zero-order valence-electron chi connectivity index (χ0n) is 9.24. The highest BCUT2D eigenvalue weighted by Crippen LogP contribution is 2.30. The molecule has 82 valence electrons. The van der Waals surface area contributed by atoms with E-state index in [1.54, 1.807) is 0 Å². The van der Waals surface area contributed by atoms with Gasteiger partial charge in [0.15, 0.2) is 0 Å². The third-order valence-electron chi connectivity index (χ3n) is 2.46. The van der Waals surface area contributed by atoms with Gasteiger partial charge >= 0.3 is 0 Å². The lowest BCUT2D eigenvalue weighted by Gasteiger charge is -2.28. The number of hydrogen-bond donors (Lipinski definition) is 2. The second-order valence-electron chi connectivity index (χ2n) is 4.07. The molecule has 2 nitrogen and oxygen atoms in total. The third-order valence-corrected chi connectivity index (χ3v) is 2.46. The molecular weight excluding hydrogens is 186 g/mol. The molecule has 0 amide bonds. The number of benzene rings is 1. The van der Waals surface area contributed by atoms with Crippen molar-refractivity contribution in [3.05, 3.63) is 48.0 Å². The summed E-state index contributed by atoms with van der Waals surface area (Å²) >= 11 is 0. The Kier molecular flexibility index (Phi) is 4.06. The molecule has 0 radical (unpaired) electrons. The predicted molar refractivity (Wildman–Crippen MR) is 63.4 cm³/mol. The van der Waals surface area contributed by atoms with E-state index >= 15 is 0 Å². The van der Waals surface area contributed by atoms with Crippen molar-refractivity contribution in [3.63, 3.8) is 0 Å². The van der Waals surface area contributed by atoms with E-state index in [9.17, 15) is 5.11 Å². The third kappa shape index (κ3) is 3.18. The maximum absolute atomic E-state index is 10.5. The van der Waals surface area contributed by atoms with Crippen molar-refractivity contribution in [2.45, 2.75) is 25.4 Å². The van der Waals surface area contributed by atoms with Crippen LogP contribution in [0, 0.1) is 0 Å². The van der Waals surface area contributed by atoms with Gasteiger partial charge in [0.1, 0.15) is 0 Å². The Morgan fingerprint density at radius 3 is 2.47 bits per heavy atom. The van der Waals surface area contributed by atoms with Crippen LogP contribution in [0.15, 0.2) is 42.5 Å². The van der Waals surface area contributed by atoms with Crippen molar-refractivity contribution in [1.82, 2.24) is 0 Å². The van der Waals surface area contributed by atoms with Crippen LogP contribution in [0.4, 0.5) is 0 Å². The van der Waals surface area contributed by atoms with Gasteiger partial charge in [0.2, 0.25) is 0 Å². The lowest BCUT2D eigenvalue weighted by Crippen LogP contribution is -2.29. The largest absolute Gasteiger partial charge is 0.385 e. The van der Waals surface area contributed by atoms with Crippen LogP contribution < -0.4 is 5.73 Å². The van der Waals surface area contributed by atoms with Crippen LogP contribution in [0.3, 0.4) is 0 Å². The molecule has 1 rings (SSSR count). The minimum atomic E-state index is -0.859. The second-order valence-corrected chi connectivity index (χ2v) is 4.07. The first-order valence-electron chi connectivity index (χ1n) is 5.21. The number of hydrogen-bond acceptors (Lipinski definition) is 2. The molecule has 1 unspecified atom stereocenters. The van der Waals surface area contributed by atoms with E-state index in [4.69, 9.17) is 5.73 Å². The van der Waals surface area contributed by atoms with E-state index in [0.29, 0.717) is 19.4 Å². The summed E-state index contributed by atoms with van der Waals surface area (Å²) in [6, 6.07) is 9.65. The van der Waals surface area contributed by atoms with Gasteiger partial charge in [0.05, 0.1) is 5.60 Å². The first-order valence-corrected chi connectivity index (χ1v) is 5.21. The van der Waals surface area contributed by atoms with Crippen LogP contribution in [-0.4, -0.2) is 11.7 Å². The summed E-state index contributed by atoms with van der Waals surface area (Å²) in [4.78, 5) is 0. The Bertz CT molecular complexity index is 321. The molecule has 0 heterocycles. The van der Waals surface area contributed by atoms with Crippen LogP contribution in [0.5, 0.6) is 0 Å². The van der Waals surface area contributed by atoms with E-state index < -0.39 is 5.60 Å². The number of rotatable bonds is 5. The van der Waals surface area contributed by atoms with E-state index in [1.807, 2.05) is 37.3 Å². The fourth-order valence-electron chi connectivity index (χ4n) is 1.82. The SMILES string of the molecule is C=C(C)CC(O)(CCN)c1ccccc1. The molecule has 1 aromatic carbocycles. The maximum Gasteiger partial charge on any atom is 0.0945 e. The topological polar surface area (TPSA) is 46.2 Å². The van der Waals surface area contributed by atoms with E-state index in [2.05, 4.69) is 6.58 Å². The monoisotopic (exact) mass is 205 g/mol. The molecule has 0 aliphatic rings. The van der Waals surface area contributed by atoms with Gasteiger partial charge in [-0.3, -0.25) is 0 Å². The molecular formula is C13H19NO. The smallest absolute Gasteiger partial charge is 0.0945 e. The summed E-state index contributed by atoms with van der Waals surface area (Å²) < 4.78 is 0. The fraction of sp³-hybridized carbons (Fsp3) is 0.385. The summed E-state index contributed by atoms with van der Waals surface area (Å²) in [5, 5.41) is 10.5. The van der Waals surface area contributed by atoms with Crippen molar-refractivity contribution in [3.8, 4) is 0 Å². The van der Waals surface area contributed by atoms with Gasteiger partial charge < -0.3 is 10.8 Å². The summed E-state index contributed by atoms with van der Waals surface area (Å²) in [6.07, 6.45) is 1.12. The van der Waals surface area contributed by atoms with Crippen molar-refractivity contribution in [2.24, 2.45) is 5.73 Å². The summed E-state index contributed by atoms with van der Waals surface area (Å²) in [5.41, 5.74) is 6.56. The quantitative estimate of drug-likeness (QED) is 0.724. The number of nitrogens with two attached hydrogens (primary N) is 1. The van der Waals surface area contributed by atoms with Crippen LogP contribution in [-0.2, 0) is 5.60 Å². The maximum atomic E-state index is 10.5. The van der Waals surface area contributed by atoms with Crippen molar-refractivity contribution in [1.29, 1.82) is 0 Å². The highest BCUT2D eigenvalue weighted by molar-refractivity contribution is 5.24. The van der Waals surface area contributed by atoms with E-state index in [0.717, 1.165) is 11.1 Å². The zero-order valence-corrected chi connectivity index (χ0v) is 9.24. The van der Waals surface area contributed by atoms with Crippen LogP contribution in [0.25, 0.3) is 0 Å². The first kappa shape index (κ1) is 12.0. The second kappa shape index (κ2) is 5.10. The van der Waals surface area contributed by atoms with Crippen molar-refractivity contribution < 1.29 is 5.11 Å². The Morgan fingerprint density at radius 1 is 1.40 bits per heavy atom. The number of aliphatic hydroxyl groups is 1. The van der Waals surface area contributed by atoms with Gasteiger partial charge in [-0.05, 0) is 25.5 Å². The van der Waals surface area contributed by atoms with Gasteiger partial charge in [-0.15, -0.1) is 6.58 Å². The Balaban J connectivity index is 2.95. The summed E-state index contributed by atoms with van der Waals surface area (Å²) in [5.74, 6) is 0. The van der Waals surface area contributed by atoms with Gasteiger partial charge in [-0.1, -0.05) is 35.9 Å². The summed E-state index contributed by atoms with van der Waals surface area (Å²) in [7, 11) is 0. The molecule has 0 saturated carbocycles. The van der Waals surface area contributed by atoms with Crippen LogP contribution in [0.2, 0.25) is 0 Å². The average molecular weight is 205 g/mol. The molecule has 0 bridgehead atoms. The van der Waals surface area contributed by atoms with Crippen molar-refractivity contribution >= 4 is 0 Å². The molecule has 0 aliphatic carbocycles. The van der Waals surface area contributed by atoms with E-state index in [-0.39, 0.29) is 0 Å². The fourth-order valence-corrected chi connectivity index (χ4v) is 1.82. The minimum Gasteiger partial charge on any atom is -0.385 e. The highest BCUT2D eigenvalue weighted by Gasteiger charge is 2.27. The zero-order chi connectivity index (χ0) is 11.3.